The van der Waals surface area contributed by atoms with Crippen LogP contribution in [0.3, 0.4) is 0 Å². The Kier molecular flexibility index (Phi) is 3.38. The molecule has 1 N–H and O–H groups in total. The maximum atomic E-state index is 13.5. The third-order valence-corrected chi connectivity index (χ3v) is 2.73. The van der Waals surface area contributed by atoms with Crippen molar-refractivity contribution in [3.05, 3.63) is 66.8 Å². The zero-order valence-corrected chi connectivity index (χ0v) is 10.8. The highest BCUT2D eigenvalue weighted by atomic mass is 19.1. The highest BCUT2D eigenvalue weighted by molar-refractivity contribution is 6.02. The molecule has 0 aliphatic heterocycles. The molecular formula is C14H10FN5O. The molecule has 2 aromatic heterocycles. The molecule has 104 valence electrons. The first kappa shape index (κ1) is 12.9. The molecule has 0 unspecified atom stereocenters. The van der Waals surface area contributed by atoms with E-state index in [0.29, 0.717) is 5.95 Å². The van der Waals surface area contributed by atoms with Gasteiger partial charge in [0.05, 0.1) is 5.69 Å². The summed E-state index contributed by atoms with van der Waals surface area (Å²) in [4.78, 5) is 24.1. The van der Waals surface area contributed by atoms with E-state index in [-0.39, 0.29) is 11.4 Å². The Labute approximate surface area is 119 Å². The molecule has 1 amide bonds. The summed E-state index contributed by atoms with van der Waals surface area (Å²) in [6.07, 6.45) is 6.22. The number of hydrogen-bond acceptors (Lipinski definition) is 4. The Morgan fingerprint density at radius 2 is 2.05 bits per heavy atom. The summed E-state index contributed by atoms with van der Waals surface area (Å²) in [5, 5.41) is 2.47. The molecule has 21 heavy (non-hydrogen) atoms. The number of carbonyl (C=O) groups excluding carboxylic acids is 1. The van der Waals surface area contributed by atoms with Gasteiger partial charge in [0.15, 0.2) is 0 Å². The van der Waals surface area contributed by atoms with Crippen LogP contribution in [0.25, 0.3) is 5.95 Å². The van der Waals surface area contributed by atoms with Crippen molar-refractivity contribution in [1.29, 1.82) is 0 Å². The lowest BCUT2D eigenvalue weighted by molar-refractivity contribution is 0.102. The van der Waals surface area contributed by atoms with Crippen molar-refractivity contribution < 1.29 is 9.18 Å². The number of hydrogen-bond donors (Lipinski definition) is 1. The quantitative estimate of drug-likeness (QED) is 0.798. The van der Waals surface area contributed by atoms with Gasteiger partial charge in [-0.3, -0.25) is 9.36 Å². The van der Waals surface area contributed by atoms with Crippen molar-refractivity contribution >= 4 is 11.6 Å². The van der Waals surface area contributed by atoms with Crippen LogP contribution in [0, 0.1) is 5.82 Å². The van der Waals surface area contributed by atoms with Crippen LogP contribution in [-0.4, -0.2) is 25.4 Å². The summed E-state index contributed by atoms with van der Waals surface area (Å²) in [7, 11) is 0. The van der Waals surface area contributed by atoms with Gasteiger partial charge in [-0.25, -0.2) is 19.3 Å². The fraction of sp³-hybridized carbons (Fsp3) is 0. The molecule has 0 bridgehead atoms. The number of imidazole rings is 1. The Bertz CT molecular complexity index is 773. The number of carbonyl (C=O) groups is 1. The number of para-hydroxylation sites is 1. The van der Waals surface area contributed by atoms with E-state index < -0.39 is 11.7 Å². The highest BCUT2D eigenvalue weighted by Gasteiger charge is 2.11. The molecule has 2 heterocycles. The summed E-state index contributed by atoms with van der Waals surface area (Å²) in [6, 6.07) is 7.39. The van der Waals surface area contributed by atoms with E-state index >= 15 is 0 Å². The lowest BCUT2D eigenvalue weighted by Crippen LogP contribution is -2.16. The molecule has 3 aromatic rings. The molecule has 0 saturated heterocycles. The molecule has 0 aliphatic rings. The molecule has 3 rings (SSSR count). The third-order valence-electron chi connectivity index (χ3n) is 2.73. The van der Waals surface area contributed by atoms with Gasteiger partial charge < -0.3 is 5.32 Å². The first-order valence-electron chi connectivity index (χ1n) is 6.11. The Balaban J connectivity index is 1.85. The Hall–Kier alpha value is -3.09. The van der Waals surface area contributed by atoms with Gasteiger partial charge in [-0.15, -0.1) is 0 Å². The van der Waals surface area contributed by atoms with Gasteiger partial charge in [0.2, 0.25) is 5.95 Å². The monoisotopic (exact) mass is 283 g/mol. The maximum Gasteiger partial charge on any atom is 0.274 e. The zero-order chi connectivity index (χ0) is 14.7. The van der Waals surface area contributed by atoms with Crippen LogP contribution >= 0.6 is 0 Å². The van der Waals surface area contributed by atoms with Gasteiger partial charge in [-0.05, 0) is 18.2 Å². The lowest BCUT2D eigenvalue weighted by atomic mass is 10.3. The predicted molar refractivity (Wildman–Crippen MR) is 73.5 cm³/mol. The van der Waals surface area contributed by atoms with Gasteiger partial charge >= 0.3 is 0 Å². The predicted octanol–water partition coefficient (Wildman–Crippen LogP) is 2.05. The topological polar surface area (TPSA) is 72.7 Å². The van der Waals surface area contributed by atoms with E-state index in [1.54, 1.807) is 29.1 Å². The van der Waals surface area contributed by atoms with Crippen LogP contribution < -0.4 is 5.32 Å². The number of benzene rings is 1. The van der Waals surface area contributed by atoms with E-state index in [2.05, 4.69) is 20.3 Å². The van der Waals surface area contributed by atoms with Crippen LogP contribution in [0.15, 0.2) is 55.2 Å². The Morgan fingerprint density at radius 3 is 2.81 bits per heavy atom. The van der Waals surface area contributed by atoms with Gasteiger partial charge in [-0.2, -0.15) is 0 Å². The van der Waals surface area contributed by atoms with Crippen molar-refractivity contribution in [1.82, 2.24) is 19.5 Å². The van der Waals surface area contributed by atoms with Crippen molar-refractivity contribution in [3.8, 4) is 5.95 Å². The average Bonchev–Trinajstić information content (AvgIpc) is 3.04. The SMILES string of the molecule is O=C(Nc1ccccc1F)c1ccnc(-n2ccnc2)n1. The molecule has 6 nitrogen and oxygen atoms in total. The van der Waals surface area contributed by atoms with Crippen LogP contribution in [-0.2, 0) is 0 Å². The minimum atomic E-state index is -0.510. The smallest absolute Gasteiger partial charge is 0.274 e. The number of nitrogens with one attached hydrogen (secondary N) is 1. The molecule has 7 heteroatoms. The number of nitrogens with zero attached hydrogens (tertiary/aromatic N) is 4. The molecule has 1 aromatic carbocycles. The number of amides is 1. The van der Waals surface area contributed by atoms with Crippen LogP contribution in [0.5, 0.6) is 0 Å². The average molecular weight is 283 g/mol. The van der Waals surface area contributed by atoms with E-state index in [1.165, 1.54) is 30.7 Å². The van der Waals surface area contributed by atoms with Crippen molar-refractivity contribution in [2.75, 3.05) is 5.32 Å². The van der Waals surface area contributed by atoms with Gasteiger partial charge in [-0.1, -0.05) is 12.1 Å². The minimum absolute atomic E-state index is 0.102. The van der Waals surface area contributed by atoms with Gasteiger partial charge in [0.1, 0.15) is 17.8 Å². The summed E-state index contributed by atoms with van der Waals surface area (Å²) in [5.74, 6) is -0.702. The van der Waals surface area contributed by atoms with E-state index in [4.69, 9.17) is 0 Å². The maximum absolute atomic E-state index is 13.5. The van der Waals surface area contributed by atoms with Gasteiger partial charge in [0.25, 0.3) is 5.91 Å². The summed E-state index contributed by atoms with van der Waals surface area (Å²) in [5.41, 5.74) is 0.238. The van der Waals surface area contributed by atoms with Gasteiger partial charge in [0, 0.05) is 18.6 Å². The minimum Gasteiger partial charge on any atom is -0.318 e. The van der Waals surface area contributed by atoms with Crippen molar-refractivity contribution in [2.24, 2.45) is 0 Å². The fourth-order valence-corrected chi connectivity index (χ4v) is 1.73. The normalized spacial score (nSPS) is 10.3. The first-order valence-corrected chi connectivity index (χ1v) is 6.11. The third kappa shape index (κ3) is 2.76. The molecule has 0 fully saturated rings. The van der Waals surface area contributed by atoms with Crippen LogP contribution in [0.2, 0.25) is 0 Å². The van der Waals surface area contributed by atoms with Crippen LogP contribution in [0.4, 0.5) is 10.1 Å². The second kappa shape index (κ2) is 5.49. The van der Waals surface area contributed by atoms with Crippen molar-refractivity contribution in [2.45, 2.75) is 0 Å². The van der Waals surface area contributed by atoms with E-state index in [1.807, 2.05) is 0 Å². The molecule has 0 aliphatic carbocycles. The molecule has 0 spiro atoms. The zero-order valence-electron chi connectivity index (χ0n) is 10.8. The largest absolute Gasteiger partial charge is 0.318 e. The summed E-state index contributed by atoms with van der Waals surface area (Å²) in [6.45, 7) is 0. The molecule has 0 radical (unpaired) electrons. The highest BCUT2D eigenvalue weighted by Crippen LogP contribution is 2.13. The number of aromatic nitrogens is 4. The molecular weight excluding hydrogens is 273 g/mol. The molecule has 0 saturated carbocycles. The van der Waals surface area contributed by atoms with Crippen LogP contribution in [0.1, 0.15) is 10.5 Å². The fourth-order valence-electron chi connectivity index (χ4n) is 1.73. The number of anilines is 1. The van der Waals surface area contributed by atoms with Crippen molar-refractivity contribution in [3.63, 3.8) is 0 Å². The standard InChI is InChI=1S/C14H10FN5O/c15-10-3-1-2-4-11(10)18-13(21)12-5-6-17-14(19-12)20-8-7-16-9-20/h1-9H,(H,18,21). The second-order valence-corrected chi connectivity index (χ2v) is 4.15. The Morgan fingerprint density at radius 1 is 1.19 bits per heavy atom. The number of halogens is 1. The molecule has 0 atom stereocenters. The number of rotatable bonds is 3. The summed E-state index contributed by atoms with van der Waals surface area (Å²) >= 11 is 0. The lowest BCUT2D eigenvalue weighted by Gasteiger charge is -2.06. The second-order valence-electron chi connectivity index (χ2n) is 4.15. The van der Waals surface area contributed by atoms with E-state index in [0.717, 1.165) is 0 Å². The summed E-state index contributed by atoms with van der Waals surface area (Å²) < 4.78 is 15.1. The first-order chi connectivity index (χ1) is 10.2. The van der Waals surface area contributed by atoms with E-state index in [9.17, 15) is 9.18 Å².